The van der Waals surface area contributed by atoms with Crippen LogP contribution in [0.2, 0.25) is 0 Å². The molecule has 2 aliphatic rings. The number of nitrogens with zero attached hydrogens (tertiary/aromatic N) is 2. The lowest BCUT2D eigenvalue weighted by Gasteiger charge is -2.26. The van der Waals surface area contributed by atoms with Crippen molar-refractivity contribution in [2.45, 2.75) is 67.6 Å². The Bertz CT molecular complexity index is 1020. The molecule has 2 saturated carbocycles. The fourth-order valence-corrected chi connectivity index (χ4v) is 6.61. The highest BCUT2D eigenvalue weighted by molar-refractivity contribution is 8.00. The van der Waals surface area contributed by atoms with Gasteiger partial charge >= 0.3 is 0 Å². The highest BCUT2D eigenvalue weighted by atomic mass is 32.2. The van der Waals surface area contributed by atoms with Crippen molar-refractivity contribution >= 4 is 34.6 Å². The predicted octanol–water partition coefficient (Wildman–Crippen LogP) is 6.76. The first-order chi connectivity index (χ1) is 15.2. The fourth-order valence-electron chi connectivity index (χ4n) is 4.19. The largest absolute Gasteiger partial charge is 0.340 e. The van der Waals surface area contributed by atoms with Gasteiger partial charge in [-0.15, -0.1) is 23.1 Å². The molecular formula is C25H30N4S2. The molecule has 0 atom stereocenters. The average molecular weight is 451 g/mol. The zero-order valence-corrected chi connectivity index (χ0v) is 19.9. The molecule has 3 aromatic rings. The second kappa shape index (κ2) is 9.31. The number of thiazole rings is 1. The number of hydrogen-bond donors (Lipinski definition) is 2. The Balaban J connectivity index is 1.37. The van der Waals surface area contributed by atoms with Crippen LogP contribution in [0.4, 0.5) is 11.5 Å². The number of rotatable bonds is 7. The number of aromatic nitrogens is 2. The van der Waals surface area contributed by atoms with E-state index in [0.29, 0.717) is 12.0 Å². The van der Waals surface area contributed by atoms with Gasteiger partial charge < -0.3 is 10.6 Å². The molecule has 0 saturated heterocycles. The third-order valence-corrected chi connectivity index (χ3v) is 8.85. The van der Waals surface area contributed by atoms with Crippen LogP contribution in [0.1, 0.15) is 55.0 Å². The maximum Gasteiger partial charge on any atom is 0.130 e. The summed E-state index contributed by atoms with van der Waals surface area (Å²) in [6.07, 6.45) is 11.7. The molecule has 4 nitrogen and oxygen atoms in total. The Hall–Kier alpha value is -1.89. The molecule has 0 amide bonds. The maximum atomic E-state index is 4.86. The van der Waals surface area contributed by atoms with Crippen LogP contribution in [0.3, 0.4) is 0 Å². The number of thioether (sulfide) groups is 1. The fraction of sp³-hybridized carbons (Fsp3) is 0.440. The predicted molar refractivity (Wildman–Crippen MR) is 133 cm³/mol. The number of benzene rings is 1. The molecule has 0 bridgehead atoms. The second-order valence-electron chi connectivity index (χ2n) is 8.77. The minimum absolute atomic E-state index is 0.622. The third kappa shape index (κ3) is 5.13. The number of pyridine rings is 1. The van der Waals surface area contributed by atoms with Crippen LogP contribution in [0.15, 0.2) is 47.6 Å². The Morgan fingerprint density at radius 3 is 2.52 bits per heavy atom. The van der Waals surface area contributed by atoms with Crippen molar-refractivity contribution < 1.29 is 0 Å². The quantitative estimate of drug-likeness (QED) is 0.416. The Morgan fingerprint density at radius 1 is 0.968 bits per heavy atom. The summed E-state index contributed by atoms with van der Waals surface area (Å²) in [6.45, 7) is 2.06. The smallest absolute Gasteiger partial charge is 0.130 e. The SMILES string of the molecule is CNC1CCC(c2ncc(-c3ccc(Nc4ccc(C)cn4)cc3SC3CC3)s2)CC1. The summed E-state index contributed by atoms with van der Waals surface area (Å²) >= 11 is 3.91. The zero-order valence-electron chi connectivity index (χ0n) is 18.2. The van der Waals surface area contributed by atoms with Gasteiger partial charge in [-0.05, 0) is 76.3 Å². The molecule has 2 aromatic heterocycles. The molecule has 6 heteroatoms. The van der Waals surface area contributed by atoms with Gasteiger partial charge in [0.25, 0.3) is 0 Å². The Morgan fingerprint density at radius 2 is 1.81 bits per heavy atom. The van der Waals surface area contributed by atoms with Crippen LogP contribution in [0.25, 0.3) is 10.4 Å². The van der Waals surface area contributed by atoms with Crippen LogP contribution < -0.4 is 10.6 Å². The molecule has 0 aliphatic heterocycles. The summed E-state index contributed by atoms with van der Waals surface area (Å²) in [6, 6.07) is 11.5. The molecule has 2 fully saturated rings. The van der Waals surface area contributed by atoms with Gasteiger partial charge in [-0.25, -0.2) is 9.97 Å². The summed E-state index contributed by atoms with van der Waals surface area (Å²) in [5.41, 5.74) is 3.59. The monoisotopic (exact) mass is 450 g/mol. The van der Waals surface area contributed by atoms with Gasteiger partial charge in [0, 0.05) is 45.7 Å². The Labute approximate surface area is 193 Å². The second-order valence-corrected chi connectivity index (χ2v) is 11.2. The van der Waals surface area contributed by atoms with Crippen molar-refractivity contribution in [2.24, 2.45) is 0 Å². The topological polar surface area (TPSA) is 49.8 Å². The molecule has 0 radical (unpaired) electrons. The third-order valence-electron chi connectivity index (χ3n) is 6.26. The molecule has 2 aliphatic carbocycles. The van der Waals surface area contributed by atoms with E-state index in [1.54, 1.807) is 0 Å². The number of hydrogen-bond acceptors (Lipinski definition) is 6. The van der Waals surface area contributed by atoms with E-state index in [1.165, 1.54) is 64.4 Å². The molecule has 0 unspecified atom stereocenters. The summed E-state index contributed by atoms with van der Waals surface area (Å²) in [7, 11) is 2.08. The zero-order chi connectivity index (χ0) is 21.2. The number of nitrogens with one attached hydrogen (secondary N) is 2. The normalized spacial score (nSPS) is 21.2. The molecule has 31 heavy (non-hydrogen) atoms. The van der Waals surface area contributed by atoms with E-state index in [9.17, 15) is 0 Å². The molecular weight excluding hydrogens is 420 g/mol. The van der Waals surface area contributed by atoms with Crippen molar-refractivity contribution in [3.63, 3.8) is 0 Å². The lowest BCUT2D eigenvalue weighted by atomic mass is 9.86. The average Bonchev–Trinajstić information content (AvgIpc) is 3.48. The van der Waals surface area contributed by atoms with Crippen LogP contribution in [0, 0.1) is 6.92 Å². The van der Waals surface area contributed by atoms with Crippen molar-refractivity contribution in [3.05, 3.63) is 53.3 Å². The first-order valence-electron chi connectivity index (χ1n) is 11.3. The van der Waals surface area contributed by atoms with E-state index in [2.05, 4.69) is 60.1 Å². The van der Waals surface area contributed by atoms with E-state index in [1.807, 2.05) is 35.4 Å². The van der Waals surface area contributed by atoms with Crippen LogP contribution >= 0.6 is 23.1 Å². The van der Waals surface area contributed by atoms with Gasteiger partial charge in [0.2, 0.25) is 0 Å². The molecule has 1 aromatic carbocycles. The number of aryl methyl sites for hydroxylation is 1. The van der Waals surface area contributed by atoms with E-state index < -0.39 is 0 Å². The van der Waals surface area contributed by atoms with Crippen molar-refractivity contribution in [1.82, 2.24) is 15.3 Å². The highest BCUT2D eigenvalue weighted by Crippen LogP contribution is 2.46. The molecule has 0 spiro atoms. The van der Waals surface area contributed by atoms with Gasteiger partial charge in [0.15, 0.2) is 0 Å². The van der Waals surface area contributed by atoms with E-state index in [0.717, 1.165) is 16.8 Å². The van der Waals surface area contributed by atoms with Gasteiger partial charge in [0.1, 0.15) is 5.82 Å². The highest BCUT2D eigenvalue weighted by Gasteiger charge is 2.26. The lowest BCUT2D eigenvalue weighted by molar-refractivity contribution is 0.358. The summed E-state index contributed by atoms with van der Waals surface area (Å²) < 4.78 is 0. The summed E-state index contributed by atoms with van der Waals surface area (Å²) in [4.78, 5) is 12.0. The van der Waals surface area contributed by atoms with E-state index in [4.69, 9.17) is 4.98 Å². The van der Waals surface area contributed by atoms with Crippen LogP contribution in [-0.4, -0.2) is 28.3 Å². The first-order valence-corrected chi connectivity index (χ1v) is 13.0. The summed E-state index contributed by atoms with van der Waals surface area (Å²) in [5.74, 6) is 1.51. The maximum absolute atomic E-state index is 4.86. The minimum atomic E-state index is 0.622. The molecule has 162 valence electrons. The van der Waals surface area contributed by atoms with Crippen LogP contribution in [0.5, 0.6) is 0 Å². The standard InChI is InChI=1S/C25H30N4S2/c1-16-3-12-24(27-14-16)29-19-8-11-21(22(13-19)30-20-9-10-20)23-15-28-25(31-23)17-4-6-18(26-2)7-5-17/h3,8,11-15,17-18,20,26H,4-7,9-10H2,1-2H3,(H,27,29). The molecule has 2 heterocycles. The van der Waals surface area contributed by atoms with E-state index >= 15 is 0 Å². The van der Waals surface area contributed by atoms with Gasteiger partial charge in [-0.1, -0.05) is 12.1 Å². The summed E-state index contributed by atoms with van der Waals surface area (Å²) in [5, 5.41) is 8.98. The van der Waals surface area contributed by atoms with Crippen LogP contribution in [-0.2, 0) is 0 Å². The lowest BCUT2D eigenvalue weighted by Crippen LogP contribution is -2.29. The first kappa shape index (κ1) is 21.0. The Kier molecular flexibility index (Phi) is 6.30. The van der Waals surface area contributed by atoms with E-state index in [-0.39, 0.29) is 0 Å². The molecule has 2 N–H and O–H groups in total. The number of anilines is 2. The van der Waals surface area contributed by atoms with Gasteiger partial charge in [-0.3, -0.25) is 0 Å². The minimum Gasteiger partial charge on any atom is -0.340 e. The van der Waals surface area contributed by atoms with Crippen molar-refractivity contribution in [3.8, 4) is 10.4 Å². The molecule has 5 rings (SSSR count). The van der Waals surface area contributed by atoms with Crippen molar-refractivity contribution in [2.75, 3.05) is 12.4 Å². The van der Waals surface area contributed by atoms with Gasteiger partial charge in [-0.2, -0.15) is 0 Å². The van der Waals surface area contributed by atoms with Crippen molar-refractivity contribution in [1.29, 1.82) is 0 Å². The van der Waals surface area contributed by atoms with Gasteiger partial charge in [0.05, 0.1) is 9.88 Å².